The zero-order valence-corrected chi connectivity index (χ0v) is 20.3. The molecule has 0 radical (unpaired) electrons. The van der Waals surface area contributed by atoms with Gasteiger partial charge in [0.15, 0.2) is 11.3 Å². The van der Waals surface area contributed by atoms with Crippen LogP contribution >= 0.6 is 11.8 Å². The van der Waals surface area contributed by atoms with E-state index in [0.29, 0.717) is 29.5 Å². The molecule has 0 saturated carbocycles. The monoisotopic (exact) mass is 494 g/mol. The Bertz CT molecular complexity index is 1210. The van der Waals surface area contributed by atoms with E-state index in [4.69, 9.17) is 9.15 Å². The van der Waals surface area contributed by atoms with Crippen LogP contribution in [-0.2, 0) is 14.8 Å². The molecule has 33 heavy (non-hydrogen) atoms. The molecule has 2 unspecified atom stereocenters. The Balaban J connectivity index is 1.79. The smallest absolute Gasteiger partial charge is 0.244 e. The number of para-hydroxylation sites is 1. The van der Waals surface area contributed by atoms with Gasteiger partial charge in [0.25, 0.3) is 0 Å². The highest BCUT2D eigenvalue weighted by Crippen LogP contribution is 2.31. The summed E-state index contributed by atoms with van der Waals surface area (Å²) in [6, 6.07) is 10.8. The van der Waals surface area contributed by atoms with Crippen molar-refractivity contribution in [3.8, 4) is 5.75 Å². The van der Waals surface area contributed by atoms with Crippen LogP contribution in [0.5, 0.6) is 5.75 Å². The zero-order chi connectivity index (χ0) is 24.0. The second-order valence-corrected chi connectivity index (χ2v) is 10.0. The number of nitrogens with one attached hydrogen (secondary N) is 2. The van der Waals surface area contributed by atoms with Gasteiger partial charge < -0.3 is 14.5 Å². The van der Waals surface area contributed by atoms with Crippen molar-refractivity contribution in [2.45, 2.75) is 37.2 Å². The van der Waals surface area contributed by atoms with Crippen LogP contribution in [0.4, 0.5) is 4.39 Å². The minimum Gasteiger partial charge on any atom is -0.490 e. The standard InChI is InChI=1S/C23H27FN2O5S2/c1-4-30-19-10-7-8-16-14-20(31-22(16)19)15(2)25-23(27)18(12-13-32-3)26-33(28,29)21-11-6-5-9-17(21)24/h5-11,14-15,18,26H,4,12-13H2,1-3H3,(H,25,27). The molecule has 1 amide bonds. The Morgan fingerprint density at radius 3 is 2.67 bits per heavy atom. The van der Waals surface area contributed by atoms with Crippen molar-refractivity contribution < 1.29 is 26.8 Å². The molecule has 10 heteroatoms. The maximum Gasteiger partial charge on any atom is 0.244 e. The SMILES string of the molecule is CCOc1cccc2cc(C(C)NC(=O)C(CCSC)NS(=O)(=O)c3ccccc3F)oc12. The summed E-state index contributed by atoms with van der Waals surface area (Å²) in [5.41, 5.74) is 0.578. The lowest BCUT2D eigenvalue weighted by molar-refractivity contribution is -0.123. The van der Waals surface area contributed by atoms with E-state index in [9.17, 15) is 17.6 Å². The number of hydrogen-bond donors (Lipinski definition) is 2. The highest BCUT2D eigenvalue weighted by atomic mass is 32.2. The number of sulfonamides is 1. The molecule has 7 nitrogen and oxygen atoms in total. The van der Waals surface area contributed by atoms with Crippen molar-refractivity contribution in [3.05, 3.63) is 60.1 Å². The van der Waals surface area contributed by atoms with E-state index in [2.05, 4.69) is 10.0 Å². The van der Waals surface area contributed by atoms with Crippen molar-refractivity contribution in [1.29, 1.82) is 0 Å². The molecule has 1 heterocycles. The second-order valence-electron chi connectivity index (χ2n) is 7.37. The Morgan fingerprint density at radius 2 is 1.97 bits per heavy atom. The number of furan rings is 1. The summed E-state index contributed by atoms with van der Waals surface area (Å²) in [5, 5.41) is 3.63. The van der Waals surface area contributed by atoms with Gasteiger partial charge in [-0.1, -0.05) is 24.3 Å². The largest absolute Gasteiger partial charge is 0.490 e. The summed E-state index contributed by atoms with van der Waals surface area (Å²) in [5.74, 6) is 0.243. The first kappa shape index (κ1) is 25.1. The fourth-order valence-corrected chi connectivity index (χ4v) is 5.10. The molecule has 2 atom stereocenters. The number of amides is 1. The summed E-state index contributed by atoms with van der Waals surface area (Å²) in [4.78, 5) is 12.5. The third kappa shape index (κ3) is 6.07. The summed E-state index contributed by atoms with van der Waals surface area (Å²) < 4.78 is 53.4. The van der Waals surface area contributed by atoms with Gasteiger partial charge in [0.2, 0.25) is 15.9 Å². The molecule has 0 aliphatic rings. The van der Waals surface area contributed by atoms with Crippen LogP contribution in [-0.4, -0.2) is 39.0 Å². The first-order valence-corrected chi connectivity index (χ1v) is 13.4. The fourth-order valence-electron chi connectivity index (χ4n) is 3.32. The van der Waals surface area contributed by atoms with Gasteiger partial charge >= 0.3 is 0 Å². The number of hydrogen-bond acceptors (Lipinski definition) is 6. The van der Waals surface area contributed by atoms with E-state index in [-0.39, 0.29) is 6.42 Å². The Labute approximate surface area is 197 Å². The number of fused-ring (bicyclic) bond motifs is 1. The number of carbonyl (C=O) groups excluding carboxylic acids is 1. The van der Waals surface area contributed by atoms with Crippen LogP contribution < -0.4 is 14.8 Å². The second kappa shape index (κ2) is 11.0. The number of thioether (sulfide) groups is 1. The molecule has 0 spiro atoms. The van der Waals surface area contributed by atoms with E-state index in [1.807, 2.05) is 31.4 Å². The predicted octanol–water partition coefficient (Wildman–Crippen LogP) is 4.25. The lowest BCUT2D eigenvalue weighted by atomic mass is 10.2. The highest BCUT2D eigenvalue weighted by molar-refractivity contribution is 7.98. The normalized spacial score (nSPS) is 13.6. The molecule has 0 saturated heterocycles. The van der Waals surface area contributed by atoms with E-state index in [1.165, 1.54) is 23.9 Å². The molecule has 1 aromatic heterocycles. The average Bonchev–Trinajstić information content (AvgIpc) is 3.22. The lowest BCUT2D eigenvalue weighted by Crippen LogP contribution is -2.47. The van der Waals surface area contributed by atoms with Crippen LogP contribution in [0.1, 0.15) is 32.1 Å². The third-order valence-corrected chi connectivity index (χ3v) is 7.11. The van der Waals surface area contributed by atoms with Gasteiger partial charge in [-0.25, -0.2) is 12.8 Å². The van der Waals surface area contributed by atoms with E-state index in [1.54, 1.807) is 13.0 Å². The number of benzene rings is 2. The van der Waals surface area contributed by atoms with Crippen molar-refractivity contribution in [2.24, 2.45) is 0 Å². The predicted molar refractivity (Wildman–Crippen MR) is 127 cm³/mol. The molecule has 3 rings (SSSR count). The number of rotatable bonds is 11. The Hall–Kier alpha value is -2.56. The van der Waals surface area contributed by atoms with Crippen molar-refractivity contribution in [2.75, 3.05) is 18.6 Å². The molecular formula is C23H27FN2O5S2. The Morgan fingerprint density at radius 1 is 1.21 bits per heavy atom. The van der Waals surface area contributed by atoms with Crippen molar-refractivity contribution >= 4 is 38.7 Å². The van der Waals surface area contributed by atoms with Crippen LogP contribution in [0.25, 0.3) is 11.0 Å². The summed E-state index contributed by atoms with van der Waals surface area (Å²) >= 11 is 1.48. The number of halogens is 1. The number of carbonyl (C=O) groups is 1. The van der Waals surface area contributed by atoms with Gasteiger partial charge in [-0.2, -0.15) is 16.5 Å². The van der Waals surface area contributed by atoms with Gasteiger partial charge in [-0.05, 0) is 56.5 Å². The summed E-state index contributed by atoms with van der Waals surface area (Å²) in [6.45, 7) is 4.11. The quantitative estimate of drug-likeness (QED) is 0.414. The van der Waals surface area contributed by atoms with E-state index in [0.717, 1.165) is 17.5 Å². The molecule has 178 valence electrons. The molecule has 2 aromatic carbocycles. The van der Waals surface area contributed by atoms with E-state index >= 15 is 0 Å². The van der Waals surface area contributed by atoms with Crippen LogP contribution in [0.15, 0.2) is 57.8 Å². The average molecular weight is 495 g/mol. The van der Waals surface area contributed by atoms with Crippen molar-refractivity contribution in [3.63, 3.8) is 0 Å². The van der Waals surface area contributed by atoms with Gasteiger partial charge in [-0.15, -0.1) is 0 Å². The number of ether oxygens (including phenoxy) is 1. The third-order valence-electron chi connectivity index (χ3n) is 4.96. The summed E-state index contributed by atoms with van der Waals surface area (Å²) in [7, 11) is -4.23. The minimum absolute atomic E-state index is 0.238. The van der Waals surface area contributed by atoms with Crippen LogP contribution in [0.2, 0.25) is 0 Å². The van der Waals surface area contributed by atoms with Gasteiger partial charge in [-0.3, -0.25) is 4.79 Å². The maximum absolute atomic E-state index is 14.1. The Kier molecular flexibility index (Phi) is 8.39. The molecule has 0 aliphatic carbocycles. The van der Waals surface area contributed by atoms with Crippen LogP contribution in [0, 0.1) is 5.82 Å². The fraction of sp³-hybridized carbons (Fsp3) is 0.348. The molecular weight excluding hydrogens is 467 g/mol. The lowest BCUT2D eigenvalue weighted by Gasteiger charge is -2.20. The minimum atomic E-state index is -4.23. The molecule has 2 N–H and O–H groups in total. The summed E-state index contributed by atoms with van der Waals surface area (Å²) in [6.07, 6.45) is 2.09. The van der Waals surface area contributed by atoms with Crippen LogP contribution in [0.3, 0.4) is 0 Å². The topological polar surface area (TPSA) is 97.6 Å². The molecule has 0 aliphatic heterocycles. The van der Waals surface area contributed by atoms with Gasteiger partial charge in [0.1, 0.15) is 22.5 Å². The first-order valence-electron chi connectivity index (χ1n) is 10.5. The maximum atomic E-state index is 14.1. The highest BCUT2D eigenvalue weighted by Gasteiger charge is 2.28. The first-order chi connectivity index (χ1) is 15.8. The molecule has 3 aromatic rings. The van der Waals surface area contributed by atoms with Crippen molar-refractivity contribution in [1.82, 2.24) is 10.0 Å². The van der Waals surface area contributed by atoms with Gasteiger partial charge in [0, 0.05) is 5.39 Å². The molecule has 0 bridgehead atoms. The molecule has 0 fully saturated rings. The van der Waals surface area contributed by atoms with E-state index < -0.39 is 38.7 Å². The van der Waals surface area contributed by atoms with Gasteiger partial charge in [0.05, 0.1) is 12.6 Å². The zero-order valence-electron chi connectivity index (χ0n) is 18.6.